The van der Waals surface area contributed by atoms with Gasteiger partial charge in [-0.25, -0.2) is 0 Å². The molecular formula is C15H15ClN2O. The first-order valence-corrected chi connectivity index (χ1v) is 6.56. The lowest BCUT2D eigenvalue weighted by Crippen LogP contribution is -2.24. The van der Waals surface area contributed by atoms with E-state index in [1.807, 2.05) is 12.1 Å². The molecule has 0 bridgehead atoms. The van der Waals surface area contributed by atoms with Crippen LogP contribution in [0.4, 0.5) is 0 Å². The minimum absolute atomic E-state index is 0.0859. The third-order valence-corrected chi connectivity index (χ3v) is 3.00. The van der Waals surface area contributed by atoms with Gasteiger partial charge in [-0.15, -0.1) is 0 Å². The molecule has 4 heteroatoms. The summed E-state index contributed by atoms with van der Waals surface area (Å²) in [6, 6.07) is 10.9. The van der Waals surface area contributed by atoms with Crippen molar-refractivity contribution >= 4 is 17.5 Å². The third-order valence-electron chi connectivity index (χ3n) is 2.76. The van der Waals surface area contributed by atoms with Gasteiger partial charge in [0, 0.05) is 29.5 Å². The van der Waals surface area contributed by atoms with E-state index in [0.717, 1.165) is 12.8 Å². The molecule has 0 fully saturated rings. The van der Waals surface area contributed by atoms with Gasteiger partial charge < -0.3 is 5.32 Å². The van der Waals surface area contributed by atoms with Gasteiger partial charge in [0.15, 0.2) is 0 Å². The Kier molecular flexibility index (Phi) is 4.93. The zero-order valence-corrected chi connectivity index (χ0v) is 11.2. The maximum atomic E-state index is 11.8. The zero-order valence-electron chi connectivity index (χ0n) is 10.5. The van der Waals surface area contributed by atoms with E-state index in [1.54, 1.807) is 36.7 Å². The second kappa shape index (κ2) is 6.90. The average molecular weight is 275 g/mol. The van der Waals surface area contributed by atoms with Crippen LogP contribution in [-0.2, 0) is 6.42 Å². The normalized spacial score (nSPS) is 10.2. The van der Waals surface area contributed by atoms with Gasteiger partial charge in [-0.2, -0.15) is 0 Å². The number of carbonyl (C=O) groups is 1. The van der Waals surface area contributed by atoms with Gasteiger partial charge >= 0.3 is 0 Å². The number of carbonyl (C=O) groups excluding carboxylic acids is 1. The Labute approximate surface area is 117 Å². The fourth-order valence-electron chi connectivity index (χ4n) is 1.78. The lowest BCUT2D eigenvalue weighted by atomic mass is 10.1. The summed E-state index contributed by atoms with van der Waals surface area (Å²) in [7, 11) is 0. The summed E-state index contributed by atoms with van der Waals surface area (Å²) in [5.41, 5.74) is 1.82. The fraction of sp³-hybridized carbons (Fsp3) is 0.200. The van der Waals surface area contributed by atoms with Crippen LogP contribution in [0.1, 0.15) is 22.3 Å². The molecule has 1 N–H and O–H groups in total. The average Bonchev–Trinajstić information content (AvgIpc) is 2.44. The molecule has 0 aliphatic heterocycles. The standard InChI is InChI=1S/C15H15ClN2O/c16-14-5-1-4-13(11-14)15(19)18-8-2-3-12-6-9-17-10-7-12/h1,4-7,9-11H,2-3,8H2,(H,18,19). The number of hydrogen-bond donors (Lipinski definition) is 1. The molecule has 0 aliphatic rings. The molecule has 0 aliphatic carbocycles. The van der Waals surface area contributed by atoms with Gasteiger partial charge in [0.2, 0.25) is 0 Å². The van der Waals surface area contributed by atoms with Gasteiger partial charge in [0.1, 0.15) is 0 Å². The summed E-state index contributed by atoms with van der Waals surface area (Å²) in [6.45, 7) is 0.646. The highest BCUT2D eigenvalue weighted by Crippen LogP contribution is 2.10. The minimum Gasteiger partial charge on any atom is -0.352 e. The fourth-order valence-corrected chi connectivity index (χ4v) is 1.97. The number of hydrogen-bond acceptors (Lipinski definition) is 2. The van der Waals surface area contributed by atoms with Crippen molar-refractivity contribution in [1.82, 2.24) is 10.3 Å². The van der Waals surface area contributed by atoms with E-state index in [4.69, 9.17) is 11.6 Å². The molecule has 3 nitrogen and oxygen atoms in total. The predicted molar refractivity (Wildman–Crippen MR) is 76.3 cm³/mol. The van der Waals surface area contributed by atoms with Crippen molar-refractivity contribution in [1.29, 1.82) is 0 Å². The van der Waals surface area contributed by atoms with Crippen molar-refractivity contribution < 1.29 is 4.79 Å². The number of aromatic nitrogens is 1. The van der Waals surface area contributed by atoms with Crippen molar-refractivity contribution in [3.8, 4) is 0 Å². The summed E-state index contributed by atoms with van der Waals surface area (Å²) in [6.07, 6.45) is 5.38. The SMILES string of the molecule is O=C(NCCCc1ccncc1)c1cccc(Cl)c1. The smallest absolute Gasteiger partial charge is 0.251 e. The van der Waals surface area contributed by atoms with E-state index >= 15 is 0 Å². The van der Waals surface area contributed by atoms with Crippen LogP contribution in [-0.4, -0.2) is 17.4 Å². The van der Waals surface area contributed by atoms with E-state index in [0.29, 0.717) is 17.1 Å². The van der Waals surface area contributed by atoms with E-state index in [2.05, 4.69) is 10.3 Å². The molecule has 0 radical (unpaired) electrons. The summed E-state index contributed by atoms with van der Waals surface area (Å²) < 4.78 is 0. The lowest BCUT2D eigenvalue weighted by Gasteiger charge is -2.05. The van der Waals surface area contributed by atoms with Crippen LogP contribution in [0, 0.1) is 0 Å². The Morgan fingerprint density at radius 2 is 2.00 bits per heavy atom. The summed E-state index contributed by atoms with van der Waals surface area (Å²) >= 11 is 5.84. The van der Waals surface area contributed by atoms with Gasteiger partial charge in [0.25, 0.3) is 5.91 Å². The van der Waals surface area contributed by atoms with Crippen molar-refractivity contribution in [2.45, 2.75) is 12.8 Å². The molecule has 0 unspecified atom stereocenters. The molecule has 0 atom stereocenters. The van der Waals surface area contributed by atoms with E-state index in [-0.39, 0.29) is 5.91 Å². The quantitative estimate of drug-likeness (QED) is 0.852. The van der Waals surface area contributed by atoms with Crippen LogP contribution in [0.3, 0.4) is 0 Å². The number of benzene rings is 1. The maximum Gasteiger partial charge on any atom is 0.251 e. The number of pyridine rings is 1. The first-order valence-electron chi connectivity index (χ1n) is 6.18. The number of nitrogens with one attached hydrogen (secondary N) is 1. The molecule has 2 aromatic rings. The first-order chi connectivity index (χ1) is 9.25. The molecule has 0 saturated heterocycles. The van der Waals surface area contributed by atoms with Crippen LogP contribution in [0.25, 0.3) is 0 Å². The number of amides is 1. The number of nitrogens with zero attached hydrogens (tertiary/aromatic N) is 1. The second-order valence-electron chi connectivity index (χ2n) is 4.23. The molecule has 0 saturated carbocycles. The van der Waals surface area contributed by atoms with Crippen molar-refractivity contribution in [3.63, 3.8) is 0 Å². The second-order valence-corrected chi connectivity index (χ2v) is 4.66. The third kappa shape index (κ3) is 4.38. The molecule has 1 aromatic carbocycles. The van der Waals surface area contributed by atoms with Crippen LogP contribution < -0.4 is 5.32 Å². The summed E-state index contributed by atoms with van der Waals surface area (Å²) in [4.78, 5) is 15.8. The Bertz CT molecular complexity index is 543. The van der Waals surface area contributed by atoms with E-state index in [9.17, 15) is 4.79 Å². The van der Waals surface area contributed by atoms with Crippen LogP contribution in [0.2, 0.25) is 5.02 Å². The predicted octanol–water partition coefficient (Wildman–Crippen LogP) is 3.10. The van der Waals surface area contributed by atoms with Crippen molar-refractivity contribution in [2.24, 2.45) is 0 Å². The van der Waals surface area contributed by atoms with Crippen LogP contribution in [0.5, 0.6) is 0 Å². The Balaban J connectivity index is 1.75. The molecular weight excluding hydrogens is 260 g/mol. The molecule has 98 valence electrons. The molecule has 2 rings (SSSR count). The summed E-state index contributed by atoms with van der Waals surface area (Å²) in [5.74, 6) is -0.0859. The molecule has 19 heavy (non-hydrogen) atoms. The molecule has 1 heterocycles. The van der Waals surface area contributed by atoms with Gasteiger partial charge in [-0.1, -0.05) is 17.7 Å². The lowest BCUT2D eigenvalue weighted by molar-refractivity contribution is 0.0953. The topological polar surface area (TPSA) is 42.0 Å². The zero-order chi connectivity index (χ0) is 13.5. The van der Waals surface area contributed by atoms with E-state index in [1.165, 1.54) is 5.56 Å². The van der Waals surface area contributed by atoms with Crippen molar-refractivity contribution in [3.05, 3.63) is 64.9 Å². The van der Waals surface area contributed by atoms with Crippen molar-refractivity contribution in [2.75, 3.05) is 6.54 Å². The molecule has 1 amide bonds. The van der Waals surface area contributed by atoms with Gasteiger partial charge in [0.05, 0.1) is 0 Å². The largest absolute Gasteiger partial charge is 0.352 e. The molecule has 0 spiro atoms. The maximum absolute atomic E-state index is 11.8. The Morgan fingerprint density at radius 1 is 1.21 bits per heavy atom. The van der Waals surface area contributed by atoms with E-state index < -0.39 is 0 Å². The minimum atomic E-state index is -0.0859. The van der Waals surface area contributed by atoms with Gasteiger partial charge in [-0.05, 0) is 48.7 Å². The highest BCUT2D eigenvalue weighted by molar-refractivity contribution is 6.30. The Hall–Kier alpha value is -1.87. The van der Waals surface area contributed by atoms with Crippen LogP contribution in [0.15, 0.2) is 48.8 Å². The number of halogens is 1. The number of rotatable bonds is 5. The first kappa shape index (κ1) is 13.6. The molecule has 1 aromatic heterocycles. The van der Waals surface area contributed by atoms with Crippen LogP contribution >= 0.6 is 11.6 Å². The highest BCUT2D eigenvalue weighted by atomic mass is 35.5. The highest BCUT2D eigenvalue weighted by Gasteiger charge is 2.04. The number of aryl methyl sites for hydroxylation is 1. The Morgan fingerprint density at radius 3 is 2.74 bits per heavy atom. The summed E-state index contributed by atoms with van der Waals surface area (Å²) in [5, 5.41) is 3.46. The van der Waals surface area contributed by atoms with Gasteiger partial charge in [-0.3, -0.25) is 9.78 Å². The monoisotopic (exact) mass is 274 g/mol.